The maximum absolute atomic E-state index is 14.0. The molecule has 0 aliphatic rings. The molecule has 6 amide bonds. The lowest BCUT2D eigenvalue weighted by Gasteiger charge is -2.30. The van der Waals surface area contributed by atoms with Crippen molar-refractivity contribution in [1.29, 1.82) is 0 Å². The molecular formula is C42H67N10O14+. The number of hydrogen-bond acceptors (Lipinski definition) is 12. The van der Waals surface area contributed by atoms with Crippen LogP contribution >= 0.6 is 0 Å². The van der Waals surface area contributed by atoms with Crippen molar-refractivity contribution in [2.45, 2.75) is 141 Å². The van der Waals surface area contributed by atoms with Gasteiger partial charge in [0.1, 0.15) is 36.0 Å². The lowest BCUT2D eigenvalue weighted by Crippen LogP contribution is -2.78. The third-order valence-corrected chi connectivity index (χ3v) is 10.4. The molecule has 66 heavy (non-hydrogen) atoms. The Balaban J connectivity index is 3.46. The van der Waals surface area contributed by atoms with Gasteiger partial charge in [0.05, 0.1) is 18.6 Å². The van der Waals surface area contributed by atoms with Crippen molar-refractivity contribution in [2.24, 2.45) is 29.0 Å². The molecule has 24 heteroatoms. The number of rotatable bonds is 31. The van der Waals surface area contributed by atoms with Crippen LogP contribution in [-0.4, -0.2) is 134 Å². The van der Waals surface area contributed by atoms with E-state index in [0.29, 0.717) is 12.0 Å². The highest BCUT2D eigenvalue weighted by Crippen LogP contribution is 2.14. The Morgan fingerprint density at radius 3 is 1.38 bits per heavy atom. The molecule has 0 spiro atoms. The number of phenols is 1. The molecule has 1 aromatic rings. The second-order valence-corrected chi connectivity index (χ2v) is 16.3. The number of nitrogens with one attached hydrogen (secondary N) is 7. The molecule has 0 aromatic heterocycles. The first-order valence-corrected chi connectivity index (χ1v) is 21.5. The van der Waals surface area contributed by atoms with E-state index in [0.717, 1.165) is 0 Å². The van der Waals surface area contributed by atoms with Gasteiger partial charge in [0, 0.05) is 19.3 Å². The first kappa shape index (κ1) is 57.2. The van der Waals surface area contributed by atoms with Crippen molar-refractivity contribution >= 4 is 65.1 Å². The summed E-state index contributed by atoms with van der Waals surface area (Å²) in [4.78, 5) is 132. The third-order valence-electron chi connectivity index (χ3n) is 10.4. The number of nitrogens with two attached hydrogens (primary N) is 3. The zero-order valence-corrected chi connectivity index (χ0v) is 37.9. The van der Waals surface area contributed by atoms with Crippen LogP contribution in [0.4, 0.5) is 0 Å². The normalized spacial score (nSPS) is 14.6. The van der Waals surface area contributed by atoms with Gasteiger partial charge in [-0.1, -0.05) is 46.2 Å². The molecule has 0 aliphatic heterocycles. The molecule has 1 rings (SSSR count). The minimum absolute atomic E-state index is 0.0238. The van der Waals surface area contributed by atoms with Gasteiger partial charge in [-0.2, -0.15) is 0 Å². The van der Waals surface area contributed by atoms with Crippen LogP contribution in [0.2, 0.25) is 0 Å². The number of ketones is 1. The van der Waals surface area contributed by atoms with E-state index in [-0.39, 0.29) is 49.2 Å². The predicted molar refractivity (Wildman–Crippen MR) is 235 cm³/mol. The Morgan fingerprint density at radius 2 is 0.985 bits per heavy atom. The van der Waals surface area contributed by atoms with Crippen molar-refractivity contribution in [2.75, 3.05) is 6.54 Å². The molecule has 17 N–H and O–H groups in total. The molecule has 0 heterocycles. The van der Waals surface area contributed by atoms with Crippen LogP contribution in [0.25, 0.3) is 0 Å². The number of amides is 6. The summed E-state index contributed by atoms with van der Waals surface area (Å²) >= 11 is 0. The first-order valence-electron chi connectivity index (χ1n) is 21.5. The lowest BCUT2D eigenvalue weighted by molar-refractivity contribution is -0.459. The fourth-order valence-electron chi connectivity index (χ4n) is 6.43. The highest BCUT2D eigenvalue weighted by molar-refractivity contribution is 5.97. The Morgan fingerprint density at radius 1 is 0.591 bits per heavy atom. The molecule has 24 nitrogen and oxygen atoms in total. The molecule has 368 valence electrons. The standard InChI is InChI=1S/C42H66N10O14/c1-6-22(4)35(41(66)50-27(8-7-19-46-42(44)45)39(64)51-34(21(2)3)23(5)53)52-40(65)30(15-18-33(59)60)49-38(63)29(14-17-32(57)58)48-37(62)28(13-16-31(55)56)47-36(61)26(43)20-24-9-11-25(54)12-10-24/h9-12,21-22,26-30,34-35,54H,6-8,13-20,43H2,1-5H3,(H,47,61)(H,48,62)(H,49,63)(H,50,66)(H,51,64)(H,52,65)(H,55,56)(H,57,58)(H,59,60)(H4,44,45,46)/p+1. The van der Waals surface area contributed by atoms with Gasteiger partial charge >= 0.3 is 23.9 Å². The summed E-state index contributed by atoms with van der Waals surface area (Å²) in [5.41, 5.74) is 17.5. The highest BCUT2D eigenvalue weighted by Gasteiger charge is 2.35. The van der Waals surface area contributed by atoms with Crippen LogP contribution < -0.4 is 54.1 Å². The number of benzene rings is 1. The van der Waals surface area contributed by atoms with Gasteiger partial charge in [0.25, 0.3) is 0 Å². The van der Waals surface area contributed by atoms with Gasteiger partial charge in [-0.3, -0.25) is 64.4 Å². The second-order valence-electron chi connectivity index (χ2n) is 16.3. The molecule has 0 saturated carbocycles. The van der Waals surface area contributed by atoms with Crippen LogP contribution in [0.3, 0.4) is 0 Å². The number of Topliss-reactive ketones (excluding diaryl/α,β-unsaturated/α-hetero) is 1. The molecule has 0 fully saturated rings. The Kier molecular flexibility index (Phi) is 25.0. The summed E-state index contributed by atoms with van der Waals surface area (Å²) in [6.07, 6.45) is -3.16. The largest absolute Gasteiger partial charge is 0.508 e. The number of carbonyl (C=O) groups excluding carboxylic acids is 7. The molecule has 8 atom stereocenters. The maximum Gasteiger partial charge on any atom is 0.338 e. The number of hydrogen-bond donors (Lipinski definition) is 14. The van der Waals surface area contributed by atoms with Gasteiger partial charge in [-0.25, -0.2) is 0 Å². The minimum Gasteiger partial charge on any atom is -0.508 e. The summed E-state index contributed by atoms with van der Waals surface area (Å²) in [6, 6.07) is -4.09. The molecule has 0 radical (unpaired) electrons. The molecular weight excluding hydrogens is 869 g/mol. The van der Waals surface area contributed by atoms with E-state index < -0.39 is 140 Å². The summed E-state index contributed by atoms with van der Waals surface area (Å²) in [5, 5.41) is 52.6. The lowest BCUT2D eigenvalue weighted by atomic mass is 9.96. The maximum atomic E-state index is 14.0. The minimum atomic E-state index is -1.75. The van der Waals surface area contributed by atoms with Gasteiger partial charge in [-0.05, 0) is 75.0 Å². The fourth-order valence-corrected chi connectivity index (χ4v) is 6.43. The first-order chi connectivity index (χ1) is 30.9. The Hall–Kier alpha value is -6.85. The van der Waals surface area contributed by atoms with Crippen molar-refractivity contribution in [3.8, 4) is 5.75 Å². The summed E-state index contributed by atoms with van der Waals surface area (Å²) in [6.45, 7) is 8.27. The van der Waals surface area contributed by atoms with Crippen LogP contribution in [0.1, 0.15) is 98.0 Å². The molecule has 1 aromatic carbocycles. The third kappa shape index (κ3) is 21.7. The number of phenolic OH excluding ortho intramolecular Hbond substituents is 1. The summed E-state index contributed by atoms with van der Waals surface area (Å²) in [5.74, 6) is -11.3. The average Bonchev–Trinajstić information content (AvgIpc) is 3.23. The topological polar surface area (TPSA) is 416 Å². The molecule has 0 aliphatic carbocycles. The van der Waals surface area contributed by atoms with E-state index in [2.05, 4.69) is 36.9 Å². The molecule has 0 saturated heterocycles. The Bertz CT molecular complexity index is 1890. The van der Waals surface area contributed by atoms with Crippen molar-refractivity contribution in [3.05, 3.63) is 29.8 Å². The monoisotopic (exact) mass is 935 g/mol. The van der Waals surface area contributed by atoms with Crippen LogP contribution in [0.5, 0.6) is 5.75 Å². The van der Waals surface area contributed by atoms with Crippen LogP contribution in [0, 0.1) is 11.8 Å². The van der Waals surface area contributed by atoms with Gasteiger partial charge in [0.2, 0.25) is 35.4 Å². The summed E-state index contributed by atoms with van der Waals surface area (Å²) in [7, 11) is 0. The Labute approximate surface area is 382 Å². The van der Waals surface area contributed by atoms with Crippen molar-refractivity contribution < 1.29 is 73.4 Å². The molecule has 0 bridgehead atoms. The second kappa shape index (κ2) is 28.8. The van der Waals surface area contributed by atoms with Crippen molar-refractivity contribution in [1.82, 2.24) is 31.9 Å². The SMILES string of the molecule is CCC(C)C(NC(=O)C(CCC(=O)O)NC(=O)C(CCC(=O)O)NC(=O)C(CCC(=O)O)NC(=O)C(N)Cc1ccc(O)cc1)C(=O)NC(CCC[NH+]=C(N)N)C(=O)NC(C(C)=O)C(C)C. The van der Waals surface area contributed by atoms with E-state index in [4.69, 9.17) is 17.2 Å². The number of carboxylic acid groups (broad SMARTS) is 3. The number of aromatic hydroxyl groups is 1. The van der Waals surface area contributed by atoms with Gasteiger partial charge in [0.15, 0.2) is 5.78 Å². The smallest absolute Gasteiger partial charge is 0.338 e. The summed E-state index contributed by atoms with van der Waals surface area (Å²) < 4.78 is 0. The van der Waals surface area contributed by atoms with E-state index in [9.17, 15) is 68.4 Å². The van der Waals surface area contributed by atoms with Crippen LogP contribution in [-0.2, 0) is 54.4 Å². The predicted octanol–water partition coefficient (Wildman–Crippen LogP) is -3.81. The highest BCUT2D eigenvalue weighted by atomic mass is 16.4. The van der Waals surface area contributed by atoms with Crippen LogP contribution in [0.15, 0.2) is 24.3 Å². The van der Waals surface area contributed by atoms with Gasteiger partial charge in [-0.15, -0.1) is 0 Å². The number of carboxylic acids is 3. The van der Waals surface area contributed by atoms with E-state index in [1.54, 1.807) is 27.7 Å². The number of aliphatic carboxylic acids is 3. The van der Waals surface area contributed by atoms with E-state index >= 15 is 0 Å². The van der Waals surface area contributed by atoms with E-state index in [1.165, 1.54) is 31.2 Å². The zero-order valence-electron chi connectivity index (χ0n) is 37.9. The van der Waals surface area contributed by atoms with Gasteiger partial charge < -0.3 is 58.1 Å². The zero-order chi connectivity index (χ0) is 50.3. The fraction of sp³-hybridized carbons (Fsp3) is 0.595. The number of guanidine groups is 1. The number of carbonyl (C=O) groups is 10. The van der Waals surface area contributed by atoms with E-state index in [1.807, 2.05) is 0 Å². The average molecular weight is 936 g/mol. The molecule has 8 unspecified atom stereocenters. The van der Waals surface area contributed by atoms with Crippen molar-refractivity contribution in [3.63, 3.8) is 0 Å². The quantitative estimate of drug-likeness (QED) is 0.0193.